The molecule has 11 heavy (non-hydrogen) atoms. The van der Waals surface area contributed by atoms with Gasteiger partial charge in [0.15, 0.2) is 0 Å². The molecular weight excluding hydrogens is 254 g/mol. The fourth-order valence-electron chi connectivity index (χ4n) is 0.500. The van der Waals surface area contributed by atoms with E-state index in [4.69, 9.17) is 4.65 Å². The van der Waals surface area contributed by atoms with E-state index in [1.54, 1.807) is 0 Å². The Labute approximate surface area is 82.2 Å². The van der Waals surface area contributed by atoms with E-state index in [2.05, 4.69) is 0 Å². The Morgan fingerprint density at radius 1 is 1.55 bits per heavy atom. The molecule has 0 aromatic heterocycles. The molecule has 0 aliphatic carbocycles. The number of carbonyl (C=O) groups is 1. The molecule has 0 bridgehead atoms. The molecule has 0 saturated carbocycles. The van der Waals surface area contributed by atoms with Crippen LogP contribution in [0.15, 0.2) is 0 Å². The molecule has 1 radical (unpaired) electrons. The topological polar surface area (TPSA) is 26.3 Å². The lowest BCUT2D eigenvalue weighted by Gasteiger charge is -2.24. The standard InChI is InChI=1S/C7H13BIO2/c1-5(7(2,3)4)6(10)11-8-9/h5H,1-4H3. The van der Waals surface area contributed by atoms with Crippen LogP contribution in [-0.2, 0) is 9.45 Å². The summed E-state index contributed by atoms with van der Waals surface area (Å²) in [6.45, 7) is 7.94. The van der Waals surface area contributed by atoms with Crippen LogP contribution in [0.3, 0.4) is 0 Å². The fourth-order valence-corrected chi connectivity index (χ4v) is 0.750. The maximum Gasteiger partial charge on any atom is 0.455 e. The maximum atomic E-state index is 11.1. The first-order chi connectivity index (χ1) is 4.89. The molecule has 0 spiro atoms. The molecule has 1 atom stereocenters. The van der Waals surface area contributed by atoms with E-state index in [0.717, 1.165) is 0 Å². The van der Waals surface area contributed by atoms with Gasteiger partial charge in [-0.05, 0) is 5.41 Å². The minimum Gasteiger partial charge on any atom is -0.526 e. The summed E-state index contributed by atoms with van der Waals surface area (Å²) < 4.78 is 4.75. The van der Waals surface area contributed by atoms with Crippen molar-refractivity contribution in [1.82, 2.24) is 0 Å². The van der Waals surface area contributed by atoms with E-state index in [1.165, 1.54) is 5.34 Å². The quantitative estimate of drug-likeness (QED) is 0.566. The van der Waals surface area contributed by atoms with Crippen molar-refractivity contribution < 1.29 is 9.45 Å². The van der Waals surface area contributed by atoms with Crippen molar-refractivity contribution >= 4 is 33.7 Å². The van der Waals surface area contributed by atoms with E-state index >= 15 is 0 Å². The summed E-state index contributed by atoms with van der Waals surface area (Å²) in [4.78, 5) is 11.1. The third kappa shape index (κ3) is 3.98. The number of rotatable bonds is 2. The predicted molar refractivity (Wildman–Crippen MR) is 54.5 cm³/mol. The summed E-state index contributed by atoms with van der Waals surface area (Å²) in [6.07, 6.45) is 0. The molecule has 1 unspecified atom stereocenters. The van der Waals surface area contributed by atoms with E-state index in [1.807, 2.05) is 50.1 Å². The van der Waals surface area contributed by atoms with Gasteiger partial charge in [0.05, 0.1) is 5.92 Å². The lowest BCUT2D eigenvalue weighted by Crippen LogP contribution is -2.27. The van der Waals surface area contributed by atoms with Crippen molar-refractivity contribution in [3.8, 4) is 0 Å². The fraction of sp³-hybridized carbons (Fsp3) is 0.857. The molecule has 0 heterocycles. The smallest absolute Gasteiger partial charge is 0.455 e. The zero-order valence-corrected chi connectivity index (χ0v) is 9.51. The highest BCUT2D eigenvalue weighted by atomic mass is 127. The molecule has 0 amide bonds. The van der Waals surface area contributed by atoms with E-state index in [0.29, 0.717) is 0 Å². The molecule has 63 valence electrons. The van der Waals surface area contributed by atoms with Crippen LogP contribution in [0.2, 0.25) is 0 Å². The van der Waals surface area contributed by atoms with Crippen molar-refractivity contribution in [3.63, 3.8) is 0 Å². The second-order valence-electron chi connectivity index (χ2n) is 3.61. The molecule has 0 aromatic carbocycles. The Morgan fingerprint density at radius 3 is 2.27 bits per heavy atom. The van der Waals surface area contributed by atoms with Gasteiger partial charge in [-0.2, -0.15) is 0 Å². The highest BCUT2D eigenvalue weighted by Crippen LogP contribution is 2.26. The average molecular weight is 267 g/mol. The molecule has 0 saturated heterocycles. The van der Waals surface area contributed by atoms with Gasteiger partial charge in [-0.1, -0.05) is 50.1 Å². The first kappa shape index (κ1) is 11.3. The Morgan fingerprint density at radius 2 is 2.00 bits per heavy atom. The van der Waals surface area contributed by atoms with Crippen LogP contribution in [0.4, 0.5) is 0 Å². The molecule has 0 aromatic rings. The zero-order valence-electron chi connectivity index (χ0n) is 7.35. The van der Waals surface area contributed by atoms with Crippen LogP contribution in [0.25, 0.3) is 0 Å². The van der Waals surface area contributed by atoms with Crippen molar-refractivity contribution in [1.29, 1.82) is 0 Å². The summed E-state index contributed by atoms with van der Waals surface area (Å²) in [5.41, 5.74) is -0.0171. The second-order valence-corrected chi connectivity index (χ2v) is 4.12. The SMILES string of the molecule is CC(C(=O)O[B]I)C(C)(C)C. The number of hydrogen-bond acceptors (Lipinski definition) is 2. The van der Waals surface area contributed by atoms with Gasteiger partial charge in [0.1, 0.15) is 0 Å². The van der Waals surface area contributed by atoms with E-state index in [-0.39, 0.29) is 17.3 Å². The Kier molecular flexibility index (Phi) is 4.43. The van der Waals surface area contributed by atoms with Crippen LogP contribution < -0.4 is 0 Å². The van der Waals surface area contributed by atoms with Gasteiger partial charge in [0, 0.05) is 0 Å². The van der Waals surface area contributed by atoms with Gasteiger partial charge < -0.3 is 4.65 Å². The van der Waals surface area contributed by atoms with E-state index in [9.17, 15) is 4.79 Å². The van der Waals surface area contributed by atoms with Crippen LogP contribution in [-0.4, -0.2) is 11.3 Å². The molecule has 2 nitrogen and oxygen atoms in total. The Bertz CT molecular complexity index is 142. The highest BCUT2D eigenvalue weighted by molar-refractivity contribution is 14.1. The first-order valence-electron chi connectivity index (χ1n) is 3.52. The number of halogens is 1. The second kappa shape index (κ2) is 4.33. The molecule has 0 N–H and O–H groups in total. The Hall–Kier alpha value is 0.265. The summed E-state index contributed by atoms with van der Waals surface area (Å²) in [6, 6.07) is 0. The summed E-state index contributed by atoms with van der Waals surface area (Å²) in [5, 5.41) is 1.39. The maximum absolute atomic E-state index is 11.1. The van der Waals surface area contributed by atoms with Crippen molar-refractivity contribution in [2.24, 2.45) is 11.3 Å². The molecular formula is C7H13BIO2. The largest absolute Gasteiger partial charge is 0.526 e. The third-order valence-corrected chi connectivity index (χ3v) is 2.07. The predicted octanol–water partition coefficient (Wildman–Crippen LogP) is 2.18. The van der Waals surface area contributed by atoms with Gasteiger partial charge >= 0.3 is 5.34 Å². The molecule has 0 aliphatic rings. The Balaban J connectivity index is 4.03. The summed E-state index contributed by atoms with van der Waals surface area (Å²) in [5.74, 6) is -0.222. The average Bonchev–Trinajstić information content (AvgIpc) is 1.85. The van der Waals surface area contributed by atoms with Crippen molar-refractivity contribution in [2.75, 3.05) is 0 Å². The lowest BCUT2D eigenvalue weighted by atomic mass is 9.82. The van der Waals surface area contributed by atoms with Gasteiger partial charge in [-0.25, -0.2) is 0 Å². The van der Waals surface area contributed by atoms with E-state index < -0.39 is 0 Å². The third-order valence-electron chi connectivity index (χ3n) is 1.81. The number of carbonyl (C=O) groups excluding carboxylic acids is 1. The normalized spacial score (nSPS) is 13.9. The van der Waals surface area contributed by atoms with Crippen LogP contribution in [0.5, 0.6) is 0 Å². The summed E-state index contributed by atoms with van der Waals surface area (Å²) in [7, 11) is 0. The molecule has 0 rings (SSSR count). The zero-order chi connectivity index (χ0) is 9.07. The molecule has 0 aliphatic heterocycles. The van der Waals surface area contributed by atoms with Crippen LogP contribution in [0.1, 0.15) is 27.7 Å². The van der Waals surface area contributed by atoms with Crippen LogP contribution >= 0.6 is 22.4 Å². The van der Waals surface area contributed by atoms with Crippen molar-refractivity contribution in [2.45, 2.75) is 27.7 Å². The van der Waals surface area contributed by atoms with Gasteiger partial charge in [0.25, 0.3) is 5.97 Å². The van der Waals surface area contributed by atoms with Crippen molar-refractivity contribution in [3.05, 3.63) is 0 Å². The number of hydrogen-bond donors (Lipinski definition) is 0. The summed E-state index contributed by atoms with van der Waals surface area (Å²) >= 11 is 1.90. The minimum absolute atomic E-state index is 0.0171. The van der Waals surface area contributed by atoms with Gasteiger partial charge in [0.2, 0.25) is 0 Å². The molecule has 0 fully saturated rings. The van der Waals surface area contributed by atoms with Crippen LogP contribution in [0, 0.1) is 11.3 Å². The highest BCUT2D eigenvalue weighted by Gasteiger charge is 2.27. The van der Waals surface area contributed by atoms with Gasteiger partial charge in [-0.3, -0.25) is 4.79 Å². The monoisotopic (exact) mass is 267 g/mol. The molecule has 4 heteroatoms. The first-order valence-corrected chi connectivity index (χ1v) is 4.76. The lowest BCUT2D eigenvalue weighted by molar-refractivity contribution is -0.141. The van der Waals surface area contributed by atoms with Gasteiger partial charge in [-0.15, -0.1) is 0 Å². The minimum atomic E-state index is -0.160.